The lowest BCUT2D eigenvalue weighted by atomic mass is 10.1. The lowest BCUT2D eigenvalue weighted by Crippen LogP contribution is -2.30. The van der Waals surface area contributed by atoms with E-state index in [2.05, 4.69) is 93.7 Å². The molecule has 1 unspecified atom stereocenters. The normalized spacial score (nSPS) is 12.8. The van der Waals surface area contributed by atoms with Crippen LogP contribution in [0.25, 0.3) is 0 Å². The zero-order valence-electron chi connectivity index (χ0n) is 45.0. The Bertz CT molecular complexity index is 1380. The van der Waals surface area contributed by atoms with Gasteiger partial charge in [0, 0.05) is 19.3 Å². The van der Waals surface area contributed by atoms with Gasteiger partial charge in [0.05, 0.1) is 0 Å². The summed E-state index contributed by atoms with van der Waals surface area (Å²) >= 11 is 0. The first kappa shape index (κ1) is 65.3. The van der Waals surface area contributed by atoms with Crippen LogP contribution in [0.1, 0.15) is 265 Å². The fraction of sp³-hybridized carbons (Fsp3) is 0.698. The highest BCUT2D eigenvalue weighted by molar-refractivity contribution is 5.71. The van der Waals surface area contributed by atoms with E-state index >= 15 is 0 Å². The molecule has 1 atom stereocenters. The summed E-state index contributed by atoms with van der Waals surface area (Å²) in [5, 5.41) is 0. The Kier molecular flexibility index (Phi) is 53.9. The third-order valence-corrected chi connectivity index (χ3v) is 12.2. The summed E-state index contributed by atoms with van der Waals surface area (Å²) < 4.78 is 16.8. The fourth-order valence-corrected chi connectivity index (χ4v) is 7.86. The molecular formula is C63H106O6. The number of hydrogen-bond acceptors (Lipinski definition) is 6. The van der Waals surface area contributed by atoms with Gasteiger partial charge in [0.25, 0.3) is 0 Å². The molecule has 0 radical (unpaired) electrons. The summed E-state index contributed by atoms with van der Waals surface area (Å²) in [6, 6.07) is 0. The number of allylic oxidation sites excluding steroid dienone is 16. The van der Waals surface area contributed by atoms with E-state index in [1.165, 1.54) is 122 Å². The van der Waals surface area contributed by atoms with Crippen molar-refractivity contribution in [3.8, 4) is 0 Å². The molecule has 6 nitrogen and oxygen atoms in total. The van der Waals surface area contributed by atoms with Crippen molar-refractivity contribution in [1.82, 2.24) is 0 Å². The van der Waals surface area contributed by atoms with Crippen LogP contribution < -0.4 is 0 Å². The molecule has 0 aromatic heterocycles. The predicted molar refractivity (Wildman–Crippen MR) is 297 cm³/mol. The van der Waals surface area contributed by atoms with Crippen molar-refractivity contribution >= 4 is 17.9 Å². The first-order valence-corrected chi connectivity index (χ1v) is 28.8. The number of unbranched alkanes of at least 4 members (excludes halogenated alkanes) is 28. The predicted octanol–water partition coefficient (Wildman–Crippen LogP) is 19.3. The molecule has 0 N–H and O–H groups in total. The quantitative estimate of drug-likeness (QED) is 0.0199. The van der Waals surface area contributed by atoms with Gasteiger partial charge in [0.2, 0.25) is 0 Å². The van der Waals surface area contributed by atoms with Crippen LogP contribution in [0.5, 0.6) is 0 Å². The van der Waals surface area contributed by atoms with E-state index in [0.29, 0.717) is 19.3 Å². The van der Waals surface area contributed by atoms with E-state index in [4.69, 9.17) is 14.2 Å². The van der Waals surface area contributed by atoms with Crippen molar-refractivity contribution in [3.63, 3.8) is 0 Å². The highest BCUT2D eigenvalue weighted by Crippen LogP contribution is 2.15. The Morgan fingerprint density at radius 2 is 0.652 bits per heavy atom. The van der Waals surface area contributed by atoms with Gasteiger partial charge in [-0.1, -0.05) is 253 Å². The second kappa shape index (κ2) is 56.9. The maximum absolute atomic E-state index is 12.9. The zero-order chi connectivity index (χ0) is 50.0. The highest BCUT2D eigenvalue weighted by Gasteiger charge is 2.19. The molecule has 0 saturated carbocycles. The molecule has 0 heterocycles. The number of carbonyl (C=O) groups excluding carboxylic acids is 3. The SMILES string of the molecule is CC/C=C\C/C=C\CCCCCCCCCC(=O)OCC(COC(=O)CCCCCCCCC/C=C\CCCCCCCCCC)OC(=O)CCCCCCC\C=C/C=C\C=C/C=C\C=C/CCC. The molecule has 0 aromatic carbocycles. The molecule has 0 fully saturated rings. The molecule has 0 amide bonds. The topological polar surface area (TPSA) is 78.9 Å². The number of esters is 3. The first-order chi connectivity index (χ1) is 34.0. The standard InChI is InChI=1S/C63H106O6/c1-4-7-10-13-16-19-22-25-28-30-32-34-35-38-41-44-47-50-53-56-62(65)68-59-60(58-67-61(64)55-52-49-46-43-40-37-27-24-21-18-15-12-9-6-3)69-63(66)57-54-51-48-45-42-39-36-33-31-29-26-23-20-17-14-11-8-5-2/h9,11-12,14,17-18,20-21,23,26,29-33,36,60H,4-8,10,13,15-16,19,22,24-25,27-28,34-35,37-59H2,1-3H3/b12-9-,14-11-,20-17-,21-18-,26-23-,31-29-,32-30-,36-33-. The molecule has 0 aromatic rings. The average Bonchev–Trinajstić information content (AvgIpc) is 3.35. The number of carbonyl (C=O) groups is 3. The number of hydrogen-bond donors (Lipinski definition) is 0. The highest BCUT2D eigenvalue weighted by atomic mass is 16.6. The van der Waals surface area contributed by atoms with Crippen LogP contribution in [-0.4, -0.2) is 37.2 Å². The van der Waals surface area contributed by atoms with E-state index in [-0.39, 0.29) is 31.1 Å². The van der Waals surface area contributed by atoms with Gasteiger partial charge >= 0.3 is 17.9 Å². The van der Waals surface area contributed by atoms with Crippen LogP contribution in [0.3, 0.4) is 0 Å². The van der Waals surface area contributed by atoms with Crippen molar-refractivity contribution in [2.45, 2.75) is 271 Å². The van der Waals surface area contributed by atoms with Crippen LogP contribution in [0.4, 0.5) is 0 Å². The fourth-order valence-electron chi connectivity index (χ4n) is 7.86. The van der Waals surface area contributed by atoms with Gasteiger partial charge in [-0.25, -0.2) is 0 Å². The lowest BCUT2D eigenvalue weighted by Gasteiger charge is -2.18. The van der Waals surface area contributed by atoms with Crippen LogP contribution in [0, 0.1) is 0 Å². The van der Waals surface area contributed by atoms with E-state index in [9.17, 15) is 14.4 Å². The van der Waals surface area contributed by atoms with Gasteiger partial charge in [-0.2, -0.15) is 0 Å². The average molecular weight is 960 g/mol. The monoisotopic (exact) mass is 959 g/mol. The molecular weight excluding hydrogens is 853 g/mol. The molecule has 0 aliphatic rings. The molecule has 0 saturated heterocycles. The van der Waals surface area contributed by atoms with Crippen LogP contribution in [0.2, 0.25) is 0 Å². The van der Waals surface area contributed by atoms with Gasteiger partial charge in [-0.3, -0.25) is 14.4 Å². The Morgan fingerprint density at radius 1 is 0.319 bits per heavy atom. The summed E-state index contributed by atoms with van der Waals surface area (Å²) in [5.41, 5.74) is 0. The third kappa shape index (κ3) is 55.1. The van der Waals surface area contributed by atoms with E-state index < -0.39 is 6.10 Å². The van der Waals surface area contributed by atoms with Gasteiger partial charge < -0.3 is 14.2 Å². The van der Waals surface area contributed by atoms with E-state index in [1.807, 2.05) is 24.3 Å². The van der Waals surface area contributed by atoms with Crippen LogP contribution in [-0.2, 0) is 28.6 Å². The molecule has 6 heteroatoms. The zero-order valence-corrected chi connectivity index (χ0v) is 45.0. The Morgan fingerprint density at radius 3 is 1.07 bits per heavy atom. The maximum Gasteiger partial charge on any atom is 0.306 e. The van der Waals surface area contributed by atoms with Crippen LogP contribution >= 0.6 is 0 Å². The summed E-state index contributed by atoms with van der Waals surface area (Å²) in [7, 11) is 0. The second-order valence-electron chi connectivity index (χ2n) is 18.9. The Hall–Kier alpha value is -3.67. The van der Waals surface area contributed by atoms with Gasteiger partial charge in [0.15, 0.2) is 6.10 Å². The van der Waals surface area contributed by atoms with Crippen molar-refractivity contribution < 1.29 is 28.6 Å². The van der Waals surface area contributed by atoms with Crippen LogP contribution in [0.15, 0.2) is 97.2 Å². The van der Waals surface area contributed by atoms with Gasteiger partial charge in [-0.15, -0.1) is 0 Å². The minimum absolute atomic E-state index is 0.0934. The van der Waals surface area contributed by atoms with Crippen molar-refractivity contribution in [2.24, 2.45) is 0 Å². The van der Waals surface area contributed by atoms with Gasteiger partial charge in [0.1, 0.15) is 13.2 Å². The smallest absolute Gasteiger partial charge is 0.306 e. The van der Waals surface area contributed by atoms with E-state index in [0.717, 1.165) is 103 Å². The number of ether oxygens (including phenoxy) is 3. The van der Waals surface area contributed by atoms with Crippen molar-refractivity contribution in [1.29, 1.82) is 0 Å². The summed E-state index contributed by atoms with van der Waals surface area (Å²) in [6.07, 6.45) is 75.3. The minimum atomic E-state index is -0.798. The maximum atomic E-state index is 12.9. The molecule has 0 aliphatic carbocycles. The summed E-state index contributed by atoms with van der Waals surface area (Å²) in [4.78, 5) is 38.2. The Labute approximate surface area is 426 Å². The largest absolute Gasteiger partial charge is 0.462 e. The molecule has 69 heavy (non-hydrogen) atoms. The molecule has 394 valence electrons. The minimum Gasteiger partial charge on any atom is -0.462 e. The molecule has 0 spiro atoms. The Balaban J connectivity index is 4.44. The van der Waals surface area contributed by atoms with E-state index in [1.54, 1.807) is 0 Å². The molecule has 0 rings (SSSR count). The molecule has 0 aliphatic heterocycles. The third-order valence-electron chi connectivity index (χ3n) is 12.2. The summed E-state index contributed by atoms with van der Waals surface area (Å²) in [5.74, 6) is -0.928. The van der Waals surface area contributed by atoms with Crippen molar-refractivity contribution in [3.05, 3.63) is 97.2 Å². The summed E-state index contributed by atoms with van der Waals surface area (Å²) in [6.45, 7) is 6.43. The second-order valence-corrected chi connectivity index (χ2v) is 18.9. The number of rotatable bonds is 51. The first-order valence-electron chi connectivity index (χ1n) is 28.8. The van der Waals surface area contributed by atoms with Gasteiger partial charge in [-0.05, 0) is 89.9 Å². The molecule has 0 bridgehead atoms. The lowest BCUT2D eigenvalue weighted by molar-refractivity contribution is -0.167. The van der Waals surface area contributed by atoms with Crippen molar-refractivity contribution in [2.75, 3.05) is 13.2 Å².